The van der Waals surface area contributed by atoms with Gasteiger partial charge in [-0.2, -0.15) is 0 Å². The molecule has 6 nitrogen and oxygen atoms in total. The van der Waals surface area contributed by atoms with Crippen molar-refractivity contribution in [3.63, 3.8) is 0 Å². The van der Waals surface area contributed by atoms with Gasteiger partial charge in [-0.1, -0.05) is 23.2 Å². The Morgan fingerprint density at radius 1 is 1.35 bits per heavy atom. The van der Waals surface area contributed by atoms with E-state index < -0.39 is 0 Å². The summed E-state index contributed by atoms with van der Waals surface area (Å²) in [7, 11) is 1.88. The first kappa shape index (κ1) is 21.4. The number of aromatic nitrogens is 1. The van der Waals surface area contributed by atoms with E-state index in [1.165, 1.54) is 0 Å². The Kier molecular flexibility index (Phi) is 9.61. The Labute approximate surface area is 166 Å². The molecule has 1 aliphatic heterocycles. The second kappa shape index (κ2) is 11.7. The molecule has 26 heavy (non-hydrogen) atoms. The predicted octanol–water partition coefficient (Wildman–Crippen LogP) is 3.22. The summed E-state index contributed by atoms with van der Waals surface area (Å²) in [6, 6.07) is 1.85. The Morgan fingerprint density at radius 2 is 2.12 bits per heavy atom. The van der Waals surface area contributed by atoms with E-state index in [1.807, 2.05) is 24.6 Å². The SMILES string of the molecule is CCNC(=NCc1cc(Cl)c(Cl)n1C)NCCCOCC1CCOCC1. The summed E-state index contributed by atoms with van der Waals surface area (Å²) >= 11 is 12.1. The standard InChI is InChI=1S/C18H30Cl2N4O2/c1-3-21-18(23-12-15-11-16(19)17(20)24(15)2)22-7-4-8-26-13-14-5-9-25-10-6-14/h11,14H,3-10,12-13H2,1-2H3,(H2,21,22,23). The van der Waals surface area contributed by atoms with Crippen LogP contribution in [0.1, 0.15) is 31.9 Å². The van der Waals surface area contributed by atoms with Crippen molar-refractivity contribution in [3.8, 4) is 0 Å². The monoisotopic (exact) mass is 404 g/mol. The van der Waals surface area contributed by atoms with Crippen LogP contribution in [0.2, 0.25) is 10.2 Å². The molecule has 1 aliphatic rings. The van der Waals surface area contributed by atoms with Gasteiger partial charge in [-0.05, 0) is 38.2 Å². The topological polar surface area (TPSA) is 59.8 Å². The average Bonchev–Trinajstić information content (AvgIpc) is 2.90. The number of nitrogens with zero attached hydrogens (tertiary/aromatic N) is 2. The van der Waals surface area contributed by atoms with E-state index in [-0.39, 0.29) is 0 Å². The van der Waals surface area contributed by atoms with Gasteiger partial charge in [0.1, 0.15) is 5.15 Å². The van der Waals surface area contributed by atoms with Crippen LogP contribution in [0, 0.1) is 5.92 Å². The van der Waals surface area contributed by atoms with Gasteiger partial charge in [0.25, 0.3) is 0 Å². The molecule has 2 rings (SSSR count). The van der Waals surface area contributed by atoms with Gasteiger partial charge in [0, 0.05) is 52.3 Å². The zero-order valence-corrected chi connectivity index (χ0v) is 17.2. The number of hydrogen-bond acceptors (Lipinski definition) is 3. The van der Waals surface area contributed by atoms with Crippen molar-refractivity contribution in [2.75, 3.05) is 39.5 Å². The molecular weight excluding hydrogens is 375 g/mol. The van der Waals surface area contributed by atoms with Crippen LogP contribution >= 0.6 is 23.2 Å². The van der Waals surface area contributed by atoms with Gasteiger partial charge in [-0.25, -0.2) is 4.99 Å². The lowest BCUT2D eigenvalue weighted by molar-refractivity contribution is 0.0203. The minimum Gasteiger partial charge on any atom is -0.381 e. The first-order chi connectivity index (χ1) is 12.6. The molecule has 1 fully saturated rings. The summed E-state index contributed by atoms with van der Waals surface area (Å²) < 4.78 is 13.0. The second-order valence-electron chi connectivity index (χ2n) is 6.44. The molecule has 8 heteroatoms. The number of hydrogen-bond donors (Lipinski definition) is 2. The van der Waals surface area contributed by atoms with E-state index in [0.717, 1.165) is 70.4 Å². The smallest absolute Gasteiger partial charge is 0.191 e. The maximum atomic E-state index is 6.09. The van der Waals surface area contributed by atoms with Crippen LogP contribution in [0.15, 0.2) is 11.1 Å². The highest BCUT2D eigenvalue weighted by Gasteiger charge is 2.13. The van der Waals surface area contributed by atoms with Crippen molar-refractivity contribution in [3.05, 3.63) is 21.9 Å². The molecule has 1 aromatic rings. The van der Waals surface area contributed by atoms with Crippen LogP contribution < -0.4 is 10.6 Å². The highest BCUT2D eigenvalue weighted by Crippen LogP contribution is 2.25. The highest BCUT2D eigenvalue weighted by atomic mass is 35.5. The fourth-order valence-corrected chi connectivity index (χ4v) is 3.20. The molecule has 2 heterocycles. The Morgan fingerprint density at radius 3 is 2.77 bits per heavy atom. The minimum absolute atomic E-state index is 0.512. The van der Waals surface area contributed by atoms with Gasteiger partial charge in [-0.15, -0.1) is 0 Å². The van der Waals surface area contributed by atoms with Gasteiger partial charge in [0.15, 0.2) is 5.96 Å². The van der Waals surface area contributed by atoms with E-state index in [9.17, 15) is 0 Å². The summed E-state index contributed by atoms with van der Waals surface area (Å²) in [6.07, 6.45) is 3.17. The molecular formula is C18H30Cl2N4O2. The largest absolute Gasteiger partial charge is 0.381 e. The molecule has 148 valence electrons. The summed E-state index contributed by atoms with van der Waals surface area (Å²) in [4.78, 5) is 4.59. The molecule has 0 atom stereocenters. The molecule has 0 aromatic carbocycles. The van der Waals surface area contributed by atoms with Gasteiger partial charge < -0.3 is 24.7 Å². The molecule has 0 saturated carbocycles. The summed E-state index contributed by atoms with van der Waals surface area (Å²) in [5.74, 6) is 1.44. The minimum atomic E-state index is 0.512. The van der Waals surface area contributed by atoms with Gasteiger partial charge in [-0.3, -0.25) is 0 Å². The highest BCUT2D eigenvalue weighted by molar-refractivity contribution is 6.41. The average molecular weight is 405 g/mol. The first-order valence-electron chi connectivity index (χ1n) is 9.29. The van der Waals surface area contributed by atoms with Gasteiger partial charge in [0.2, 0.25) is 0 Å². The van der Waals surface area contributed by atoms with Crippen molar-refractivity contribution in [2.24, 2.45) is 18.0 Å². The Bertz CT molecular complexity index is 572. The summed E-state index contributed by atoms with van der Waals surface area (Å²) in [6.45, 7) is 7.52. The van der Waals surface area contributed by atoms with Crippen LogP contribution in [0.4, 0.5) is 0 Å². The Hall–Kier alpha value is -0.950. The van der Waals surface area contributed by atoms with Crippen LogP contribution in [0.5, 0.6) is 0 Å². The number of guanidine groups is 1. The molecule has 0 amide bonds. The quantitative estimate of drug-likeness (QED) is 0.376. The third kappa shape index (κ3) is 6.99. The summed E-state index contributed by atoms with van der Waals surface area (Å²) in [5, 5.41) is 7.67. The first-order valence-corrected chi connectivity index (χ1v) is 10.0. The van der Waals surface area contributed by atoms with Crippen molar-refractivity contribution < 1.29 is 9.47 Å². The number of ether oxygens (including phenoxy) is 2. The fraction of sp³-hybridized carbons (Fsp3) is 0.722. The number of nitrogens with one attached hydrogen (secondary N) is 2. The second-order valence-corrected chi connectivity index (χ2v) is 7.20. The van der Waals surface area contributed by atoms with Crippen LogP contribution in [0.3, 0.4) is 0 Å². The lowest BCUT2D eigenvalue weighted by Gasteiger charge is -2.21. The zero-order chi connectivity index (χ0) is 18.8. The van der Waals surface area contributed by atoms with Crippen LogP contribution in [0.25, 0.3) is 0 Å². The fourth-order valence-electron chi connectivity index (χ4n) is 2.79. The number of aliphatic imine (C=N–C) groups is 1. The van der Waals surface area contributed by atoms with E-state index >= 15 is 0 Å². The van der Waals surface area contributed by atoms with E-state index in [2.05, 4.69) is 15.6 Å². The van der Waals surface area contributed by atoms with Gasteiger partial charge >= 0.3 is 0 Å². The lowest BCUT2D eigenvalue weighted by atomic mass is 10.0. The molecule has 1 saturated heterocycles. The molecule has 0 spiro atoms. The van der Waals surface area contributed by atoms with E-state index in [4.69, 9.17) is 32.7 Å². The van der Waals surface area contributed by atoms with E-state index in [0.29, 0.717) is 22.6 Å². The normalized spacial score (nSPS) is 16.1. The van der Waals surface area contributed by atoms with Gasteiger partial charge in [0.05, 0.1) is 11.6 Å². The van der Waals surface area contributed by atoms with Crippen LogP contribution in [-0.2, 0) is 23.1 Å². The molecule has 2 N–H and O–H groups in total. The molecule has 1 aromatic heterocycles. The molecule has 0 unspecified atom stereocenters. The molecule has 0 radical (unpaired) electrons. The van der Waals surface area contributed by atoms with E-state index in [1.54, 1.807) is 0 Å². The number of halogens is 2. The molecule has 0 aliphatic carbocycles. The number of rotatable bonds is 9. The lowest BCUT2D eigenvalue weighted by Crippen LogP contribution is -2.38. The Balaban J connectivity index is 1.67. The molecule has 0 bridgehead atoms. The zero-order valence-electron chi connectivity index (χ0n) is 15.7. The van der Waals surface area contributed by atoms with Crippen molar-refractivity contribution in [2.45, 2.75) is 32.7 Å². The van der Waals surface area contributed by atoms with Crippen LogP contribution in [-0.4, -0.2) is 50.0 Å². The van der Waals surface area contributed by atoms with Crippen molar-refractivity contribution >= 4 is 29.2 Å². The maximum absolute atomic E-state index is 6.09. The summed E-state index contributed by atoms with van der Waals surface area (Å²) in [5.41, 5.74) is 0.969. The predicted molar refractivity (Wildman–Crippen MR) is 107 cm³/mol. The van der Waals surface area contributed by atoms with Crippen molar-refractivity contribution in [1.29, 1.82) is 0 Å². The van der Waals surface area contributed by atoms with Crippen molar-refractivity contribution in [1.82, 2.24) is 15.2 Å². The maximum Gasteiger partial charge on any atom is 0.191 e. The third-order valence-corrected chi connectivity index (χ3v) is 5.25. The third-order valence-electron chi connectivity index (χ3n) is 4.41.